The Kier molecular flexibility index (Phi) is 3.00. The van der Waals surface area contributed by atoms with Crippen LogP contribution in [0.4, 0.5) is 0 Å². The standard InChI is InChI=1S/C14H18ClNO2/c1-16-6-4-14(5-7-16)9-12(17)11-8-10(15)2-3-13(11)18-14/h2-3,8,12,17H,4-7,9H2,1H3/t12-/m0/s1. The van der Waals surface area contributed by atoms with Crippen molar-refractivity contribution in [2.24, 2.45) is 0 Å². The molecule has 18 heavy (non-hydrogen) atoms. The van der Waals surface area contributed by atoms with Crippen LogP contribution in [-0.2, 0) is 0 Å². The summed E-state index contributed by atoms with van der Waals surface area (Å²) >= 11 is 5.97. The number of hydrogen-bond donors (Lipinski definition) is 1. The van der Waals surface area contributed by atoms with E-state index < -0.39 is 6.10 Å². The average molecular weight is 268 g/mol. The minimum Gasteiger partial charge on any atom is -0.487 e. The summed E-state index contributed by atoms with van der Waals surface area (Å²) in [6.07, 6.45) is 2.16. The Labute approximate surface area is 112 Å². The lowest BCUT2D eigenvalue weighted by Crippen LogP contribution is -2.49. The summed E-state index contributed by atoms with van der Waals surface area (Å²) in [5, 5.41) is 11.0. The molecule has 0 bridgehead atoms. The second kappa shape index (κ2) is 4.41. The highest BCUT2D eigenvalue weighted by Crippen LogP contribution is 2.44. The van der Waals surface area contributed by atoms with E-state index in [9.17, 15) is 5.11 Å². The molecule has 0 saturated carbocycles. The first kappa shape index (κ1) is 12.3. The molecule has 0 aliphatic carbocycles. The van der Waals surface area contributed by atoms with Gasteiger partial charge in [0, 0.05) is 30.1 Å². The van der Waals surface area contributed by atoms with Gasteiger partial charge in [0.1, 0.15) is 11.4 Å². The van der Waals surface area contributed by atoms with Gasteiger partial charge in [0.2, 0.25) is 0 Å². The second-order valence-electron chi connectivity index (χ2n) is 5.49. The van der Waals surface area contributed by atoms with Gasteiger partial charge in [-0.1, -0.05) is 11.6 Å². The molecule has 1 aromatic carbocycles. The molecule has 98 valence electrons. The van der Waals surface area contributed by atoms with Crippen molar-refractivity contribution in [3.8, 4) is 5.75 Å². The summed E-state index contributed by atoms with van der Waals surface area (Å²) in [5.74, 6) is 0.794. The average Bonchev–Trinajstić information content (AvgIpc) is 2.35. The van der Waals surface area contributed by atoms with E-state index >= 15 is 0 Å². The topological polar surface area (TPSA) is 32.7 Å². The Morgan fingerprint density at radius 2 is 2.11 bits per heavy atom. The van der Waals surface area contributed by atoms with Crippen LogP contribution < -0.4 is 4.74 Å². The number of rotatable bonds is 0. The van der Waals surface area contributed by atoms with Crippen LogP contribution in [0.3, 0.4) is 0 Å². The second-order valence-corrected chi connectivity index (χ2v) is 5.93. The molecule has 0 radical (unpaired) electrons. The molecule has 1 saturated heterocycles. The fraction of sp³-hybridized carbons (Fsp3) is 0.571. The number of likely N-dealkylation sites (tertiary alicyclic amines) is 1. The van der Waals surface area contributed by atoms with E-state index in [4.69, 9.17) is 16.3 Å². The number of ether oxygens (including phenoxy) is 1. The summed E-state index contributed by atoms with van der Waals surface area (Å²) in [6.45, 7) is 2.05. The first-order valence-corrected chi connectivity index (χ1v) is 6.81. The molecule has 1 spiro atoms. The first-order chi connectivity index (χ1) is 8.58. The lowest BCUT2D eigenvalue weighted by atomic mass is 9.82. The number of piperidine rings is 1. The van der Waals surface area contributed by atoms with Gasteiger partial charge in [-0.3, -0.25) is 0 Å². The predicted molar refractivity (Wildman–Crippen MR) is 71.1 cm³/mol. The van der Waals surface area contributed by atoms with E-state index in [0.29, 0.717) is 11.4 Å². The molecule has 2 aliphatic heterocycles. The van der Waals surface area contributed by atoms with Gasteiger partial charge >= 0.3 is 0 Å². The summed E-state index contributed by atoms with van der Waals surface area (Å²) in [7, 11) is 2.12. The zero-order valence-electron chi connectivity index (χ0n) is 10.5. The van der Waals surface area contributed by atoms with Gasteiger partial charge in [0.05, 0.1) is 6.10 Å². The fourth-order valence-corrected chi connectivity index (χ4v) is 3.12. The molecule has 3 nitrogen and oxygen atoms in total. The van der Waals surface area contributed by atoms with Gasteiger partial charge in [-0.05, 0) is 38.1 Å². The number of aliphatic hydroxyl groups is 1. The SMILES string of the molecule is CN1CCC2(CC1)C[C@H](O)c1cc(Cl)ccc1O2. The summed E-state index contributed by atoms with van der Waals surface area (Å²) in [6, 6.07) is 5.50. The van der Waals surface area contributed by atoms with Gasteiger partial charge in [-0.2, -0.15) is 0 Å². The minimum absolute atomic E-state index is 0.188. The molecule has 0 aromatic heterocycles. The van der Waals surface area contributed by atoms with Crippen molar-refractivity contribution < 1.29 is 9.84 Å². The Hall–Kier alpha value is -0.770. The monoisotopic (exact) mass is 267 g/mol. The van der Waals surface area contributed by atoms with Crippen molar-refractivity contribution in [2.75, 3.05) is 20.1 Å². The van der Waals surface area contributed by atoms with Crippen LogP contribution in [0.1, 0.15) is 30.9 Å². The van der Waals surface area contributed by atoms with Crippen molar-refractivity contribution in [3.63, 3.8) is 0 Å². The molecule has 1 N–H and O–H groups in total. The highest BCUT2D eigenvalue weighted by atomic mass is 35.5. The van der Waals surface area contributed by atoms with Gasteiger partial charge in [-0.25, -0.2) is 0 Å². The number of nitrogens with zero attached hydrogens (tertiary/aromatic N) is 1. The van der Waals surface area contributed by atoms with Crippen LogP contribution in [0.15, 0.2) is 18.2 Å². The first-order valence-electron chi connectivity index (χ1n) is 6.43. The van der Waals surface area contributed by atoms with Crippen molar-refractivity contribution in [3.05, 3.63) is 28.8 Å². The van der Waals surface area contributed by atoms with E-state index in [1.165, 1.54) is 0 Å². The molecule has 3 rings (SSSR count). The third-order valence-electron chi connectivity index (χ3n) is 4.12. The lowest BCUT2D eigenvalue weighted by Gasteiger charge is -2.45. The normalized spacial score (nSPS) is 26.7. The number of hydrogen-bond acceptors (Lipinski definition) is 3. The molecule has 1 aromatic rings. The van der Waals surface area contributed by atoms with Gasteiger partial charge in [0.25, 0.3) is 0 Å². The third-order valence-corrected chi connectivity index (χ3v) is 4.36. The maximum absolute atomic E-state index is 10.3. The van der Waals surface area contributed by atoms with E-state index in [1.54, 1.807) is 0 Å². The van der Waals surface area contributed by atoms with E-state index in [2.05, 4.69) is 11.9 Å². The van der Waals surface area contributed by atoms with Crippen molar-refractivity contribution >= 4 is 11.6 Å². The van der Waals surface area contributed by atoms with Crippen LogP contribution >= 0.6 is 11.6 Å². The molecule has 0 amide bonds. The molecule has 2 heterocycles. The van der Waals surface area contributed by atoms with Crippen molar-refractivity contribution in [1.29, 1.82) is 0 Å². The molecule has 4 heteroatoms. The van der Waals surface area contributed by atoms with Crippen LogP contribution in [0.5, 0.6) is 5.75 Å². The number of fused-ring (bicyclic) bond motifs is 1. The van der Waals surface area contributed by atoms with Crippen LogP contribution in [0, 0.1) is 0 Å². The molecular weight excluding hydrogens is 250 g/mol. The van der Waals surface area contributed by atoms with E-state index in [1.807, 2.05) is 18.2 Å². The van der Waals surface area contributed by atoms with Gasteiger partial charge < -0.3 is 14.7 Å². The summed E-state index contributed by atoms with van der Waals surface area (Å²) in [4.78, 5) is 2.30. The molecule has 2 aliphatic rings. The number of benzene rings is 1. The molecular formula is C14H18ClNO2. The van der Waals surface area contributed by atoms with Crippen molar-refractivity contribution in [2.45, 2.75) is 31.0 Å². The molecule has 1 fully saturated rings. The Bertz CT molecular complexity index is 455. The Morgan fingerprint density at radius 3 is 2.83 bits per heavy atom. The number of halogens is 1. The van der Waals surface area contributed by atoms with E-state index in [0.717, 1.165) is 37.2 Å². The lowest BCUT2D eigenvalue weighted by molar-refractivity contribution is -0.0503. The zero-order chi connectivity index (χ0) is 12.8. The summed E-state index contributed by atoms with van der Waals surface area (Å²) in [5.41, 5.74) is 0.638. The summed E-state index contributed by atoms with van der Waals surface area (Å²) < 4.78 is 6.19. The zero-order valence-corrected chi connectivity index (χ0v) is 11.3. The Morgan fingerprint density at radius 1 is 1.39 bits per heavy atom. The molecule has 0 unspecified atom stereocenters. The maximum Gasteiger partial charge on any atom is 0.126 e. The van der Waals surface area contributed by atoms with Crippen LogP contribution in [0.25, 0.3) is 0 Å². The van der Waals surface area contributed by atoms with Gasteiger partial charge in [0.15, 0.2) is 0 Å². The largest absolute Gasteiger partial charge is 0.487 e. The fourth-order valence-electron chi connectivity index (χ4n) is 2.94. The maximum atomic E-state index is 10.3. The number of aliphatic hydroxyl groups excluding tert-OH is 1. The highest BCUT2D eigenvalue weighted by Gasteiger charge is 2.42. The van der Waals surface area contributed by atoms with Gasteiger partial charge in [-0.15, -0.1) is 0 Å². The highest BCUT2D eigenvalue weighted by molar-refractivity contribution is 6.30. The van der Waals surface area contributed by atoms with Crippen LogP contribution in [-0.4, -0.2) is 35.7 Å². The van der Waals surface area contributed by atoms with Crippen LogP contribution in [0.2, 0.25) is 5.02 Å². The third kappa shape index (κ3) is 2.11. The smallest absolute Gasteiger partial charge is 0.126 e. The Balaban J connectivity index is 1.89. The van der Waals surface area contributed by atoms with E-state index in [-0.39, 0.29) is 5.60 Å². The quantitative estimate of drug-likeness (QED) is 0.784. The minimum atomic E-state index is -0.462. The van der Waals surface area contributed by atoms with Crippen molar-refractivity contribution in [1.82, 2.24) is 4.90 Å². The predicted octanol–water partition coefficient (Wildman–Crippen LogP) is 2.62. The molecule has 1 atom stereocenters.